The zero-order valence-corrected chi connectivity index (χ0v) is 25.8. The van der Waals surface area contributed by atoms with Gasteiger partial charge in [0.05, 0.1) is 50.8 Å². The molecule has 0 bridgehead atoms. The van der Waals surface area contributed by atoms with Gasteiger partial charge < -0.3 is 38.1 Å². The van der Waals surface area contributed by atoms with Crippen molar-refractivity contribution in [3.8, 4) is 17.1 Å². The van der Waals surface area contributed by atoms with E-state index in [0.29, 0.717) is 48.6 Å². The number of rotatable bonds is 18. The normalized spacial score (nSPS) is 11.5. The Morgan fingerprint density at radius 2 is 1.73 bits per heavy atom. The number of aromatic hydroxyl groups is 1. The Bertz CT molecular complexity index is 1490. The Hall–Kier alpha value is -4.26. The Labute approximate surface area is 260 Å². The quantitative estimate of drug-likeness (QED) is 0.0458. The molecular weight excluding hydrogens is 591 g/mol. The molecular formula is C32H37FN2O8S. The molecule has 0 aliphatic carbocycles. The lowest BCUT2D eigenvalue weighted by molar-refractivity contribution is -0.138. The lowest BCUT2D eigenvalue weighted by Crippen LogP contribution is -2.21. The van der Waals surface area contributed by atoms with E-state index in [2.05, 4.69) is 18.5 Å². The number of carbonyl (C=O) groups excluding carboxylic acids is 2. The molecule has 0 radical (unpaired) electrons. The fraction of sp³-hybridized carbons (Fsp3) is 0.312. The SMILES string of the molecule is C=C/C(OCCOCCOCCN(SC)c1cc2oc(-c3ccc(F)cc3)c(C(=O)NC)c2cc1O)=C(\C=C)C(=O)OCC. The molecule has 2 N–H and O–H groups in total. The van der Waals surface area contributed by atoms with Crippen LogP contribution in [0.3, 0.4) is 0 Å². The minimum Gasteiger partial charge on any atom is -0.506 e. The molecule has 0 saturated carbocycles. The lowest BCUT2D eigenvalue weighted by Gasteiger charge is -2.22. The third kappa shape index (κ3) is 8.65. The monoisotopic (exact) mass is 628 g/mol. The van der Waals surface area contributed by atoms with Crippen LogP contribution >= 0.6 is 11.9 Å². The molecule has 0 fully saturated rings. The number of anilines is 1. The Kier molecular flexibility index (Phi) is 13.3. The van der Waals surface area contributed by atoms with Crippen LogP contribution in [0.4, 0.5) is 10.1 Å². The second-order valence-corrected chi connectivity index (χ2v) is 9.80. The molecule has 0 spiro atoms. The standard InChI is InChI=1S/C32H37FN2O8S/c1-6-23(32(38)41-8-3)27(7-2)42-18-17-40-16-15-39-14-13-35(44-5)25-20-28-24(19-26(25)36)29(31(37)34-4)30(43-28)21-9-11-22(33)12-10-21/h6-7,9-12,19-20,36H,1-2,8,13-18H2,3-5H3,(H,34,37)/b27-23-. The van der Waals surface area contributed by atoms with Crippen LogP contribution in [0.15, 0.2) is 77.5 Å². The number of amides is 1. The average Bonchev–Trinajstić information content (AvgIpc) is 3.39. The number of fused-ring (bicyclic) bond motifs is 1. The third-order valence-corrected chi connectivity index (χ3v) is 7.10. The van der Waals surface area contributed by atoms with Gasteiger partial charge in [0.25, 0.3) is 5.91 Å². The zero-order chi connectivity index (χ0) is 32.1. The van der Waals surface area contributed by atoms with Gasteiger partial charge in [-0.3, -0.25) is 4.79 Å². The summed E-state index contributed by atoms with van der Waals surface area (Å²) in [5.74, 6) is -0.835. The van der Waals surface area contributed by atoms with Crippen LogP contribution in [0, 0.1) is 5.82 Å². The van der Waals surface area contributed by atoms with Crippen molar-refractivity contribution < 1.29 is 42.5 Å². The van der Waals surface area contributed by atoms with Gasteiger partial charge in [0.15, 0.2) is 0 Å². The van der Waals surface area contributed by atoms with E-state index >= 15 is 0 Å². The highest BCUT2D eigenvalue weighted by atomic mass is 32.2. The Morgan fingerprint density at radius 3 is 2.34 bits per heavy atom. The second kappa shape index (κ2) is 17.1. The Morgan fingerprint density at radius 1 is 1.05 bits per heavy atom. The summed E-state index contributed by atoms with van der Waals surface area (Å²) >= 11 is 1.38. The Balaban J connectivity index is 1.56. The van der Waals surface area contributed by atoms with Crippen molar-refractivity contribution in [1.29, 1.82) is 0 Å². The van der Waals surface area contributed by atoms with E-state index in [9.17, 15) is 19.1 Å². The first-order valence-electron chi connectivity index (χ1n) is 13.8. The third-order valence-electron chi connectivity index (χ3n) is 6.28. The number of ether oxygens (including phenoxy) is 4. The minimum atomic E-state index is -0.535. The van der Waals surface area contributed by atoms with E-state index in [1.807, 2.05) is 10.6 Å². The molecule has 0 unspecified atom stereocenters. The molecule has 10 nitrogen and oxygen atoms in total. The topological polar surface area (TPSA) is 120 Å². The summed E-state index contributed by atoms with van der Waals surface area (Å²) in [5.41, 5.74) is 1.85. The zero-order valence-electron chi connectivity index (χ0n) is 25.0. The van der Waals surface area contributed by atoms with Crippen LogP contribution in [-0.4, -0.2) is 76.5 Å². The molecule has 1 amide bonds. The van der Waals surface area contributed by atoms with Crippen LogP contribution in [0.2, 0.25) is 0 Å². The molecule has 1 aromatic heterocycles. The molecule has 44 heavy (non-hydrogen) atoms. The number of phenols is 1. The number of hydrogen-bond acceptors (Lipinski definition) is 10. The summed E-state index contributed by atoms with van der Waals surface area (Å²) in [6.45, 7) is 11.1. The minimum absolute atomic E-state index is 0.0395. The predicted octanol–water partition coefficient (Wildman–Crippen LogP) is 5.63. The summed E-state index contributed by atoms with van der Waals surface area (Å²) in [7, 11) is 1.50. The van der Waals surface area contributed by atoms with Crippen LogP contribution < -0.4 is 9.62 Å². The maximum atomic E-state index is 13.5. The molecule has 236 valence electrons. The summed E-state index contributed by atoms with van der Waals surface area (Å²) in [4.78, 5) is 24.7. The lowest BCUT2D eigenvalue weighted by atomic mass is 10.0. The van der Waals surface area contributed by atoms with Gasteiger partial charge in [-0.1, -0.05) is 31.2 Å². The summed E-state index contributed by atoms with van der Waals surface area (Å²) < 4.78 is 43.2. The van der Waals surface area contributed by atoms with E-state index < -0.39 is 17.7 Å². The van der Waals surface area contributed by atoms with Crippen molar-refractivity contribution in [2.75, 3.05) is 63.8 Å². The smallest absolute Gasteiger partial charge is 0.341 e. The highest BCUT2D eigenvalue weighted by Gasteiger charge is 2.24. The van der Waals surface area contributed by atoms with E-state index in [-0.39, 0.29) is 48.2 Å². The van der Waals surface area contributed by atoms with E-state index in [1.54, 1.807) is 13.0 Å². The number of hydrogen-bond donors (Lipinski definition) is 2. The largest absolute Gasteiger partial charge is 0.506 e. The number of nitrogens with zero attached hydrogens (tertiary/aromatic N) is 1. The van der Waals surface area contributed by atoms with Gasteiger partial charge in [0.2, 0.25) is 0 Å². The van der Waals surface area contributed by atoms with Crippen molar-refractivity contribution in [2.24, 2.45) is 0 Å². The van der Waals surface area contributed by atoms with Gasteiger partial charge in [-0.25, -0.2) is 9.18 Å². The van der Waals surface area contributed by atoms with Crippen LogP contribution in [0.1, 0.15) is 17.3 Å². The second-order valence-electron chi connectivity index (χ2n) is 8.99. The summed E-state index contributed by atoms with van der Waals surface area (Å²) in [5, 5.41) is 13.9. The number of carbonyl (C=O) groups is 2. The number of nitrogens with one attached hydrogen (secondary N) is 1. The first-order chi connectivity index (χ1) is 21.3. The van der Waals surface area contributed by atoms with Gasteiger partial charge in [-0.15, -0.1) is 0 Å². The number of halogens is 1. The van der Waals surface area contributed by atoms with E-state index in [0.717, 1.165) is 0 Å². The van der Waals surface area contributed by atoms with Gasteiger partial charge in [0.1, 0.15) is 40.8 Å². The summed E-state index contributed by atoms with van der Waals surface area (Å²) in [6.07, 6.45) is 4.64. The van der Waals surface area contributed by atoms with Crippen LogP contribution in [-0.2, 0) is 23.7 Å². The van der Waals surface area contributed by atoms with E-state index in [4.69, 9.17) is 23.4 Å². The first-order valence-corrected chi connectivity index (χ1v) is 15.0. The van der Waals surface area contributed by atoms with Crippen LogP contribution in [0.25, 0.3) is 22.3 Å². The molecule has 12 heteroatoms. The molecule has 0 aliphatic heterocycles. The van der Waals surface area contributed by atoms with E-state index in [1.165, 1.54) is 61.5 Å². The van der Waals surface area contributed by atoms with Gasteiger partial charge in [0, 0.05) is 30.3 Å². The average molecular weight is 629 g/mol. The maximum Gasteiger partial charge on any atom is 0.341 e. The molecule has 2 aromatic carbocycles. The summed E-state index contributed by atoms with van der Waals surface area (Å²) in [6, 6.07) is 8.79. The predicted molar refractivity (Wildman–Crippen MR) is 169 cm³/mol. The fourth-order valence-corrected chi connectivity index (χ4v) is 4.81. The molecule has 0 saturated heterocycles. The van der Waals surface area contributed by atoms with Crippen molar-refractivity contribution >= 4 is 40.5 Å². The van der Waals surface area contributed by atoms with Gasteiger partial charge in [-0.2, -0.15) is 0 Å². The highest BCUT2D eigenvalue weighted by Crippen LogP contribution is 2.41. The highest BCUT2D eigenvalue weighted by molar-refractivity contribution is 8.00. The number of allylic oxidation sites excluding steroid dienone is 1. The molecule has 3 rings (SSSR count). The molecule has 0 aliphatic rings. The van der Waals surface area contributed by atoms with Gasteiger partial charge in [-0.05, 0) is 43.3 Å². The fourth-order valence-electron chi connectivity index (χ4n) is 4.21. The molecule has 0 atom stereocenters. The molecule has 3 aromatic rings. The maximum absolute atomic E-state index is 13.5. The first kappa shape index (κ1) is 34.2. The van der Waals surface area contributed by atoms with Crippen molar-refractivity contribution in [3.05, 3.63) is 84.4 Å². The number of esters is 1. The number of benzene rings is 2. The molecule has 1 heterocycles. The van der Waals surface area contributed by atoms with Gasteiger partial charge >= 0.3 is 5.97 Å². The van der Waals surface area contributed by atoms with Crippen molar-refractivity contribution in [3.63, 3.8) is 0 Å². The number of furan rings is 1. The van der Waals surface area contributed by atoms with Crippen molar-refractivity contribution in [2.45, 2.75) is 6.92 Å². The van der Waals surface area contributed by atoms with Crippen LogP contribution in [0.5, 0.6) is 5.75 Å². The van der Waals surface area contributed by atoms with Crippen molar-refractivity contribution in [1.82, 2.24) is 5.32 Å². The number of phenolic OH excluding ortho intramolecular Hbond substituents is 1.